The molecule has 134 valence electrons. The van der Waals surface area contributed by atoms with Crippen molar-refractivity contribution >= 4 is 29.9 Å². The summed E-state index contributed by atoms with van der Waals surface area (Å²) in [5.41, 5.74) is 3.67. The zero-order valence-corrected chi connectivity index (χ0v) is 18.1. The van der Waals surface area contributed by atoms with Gasteiger partial charge in [0.1, 0.15) is 0 Å². The van der Waals surface area contributed by atoms with Crippen LogP contribution in [0.2, 0.25) is 0 Å². The number of nitrogens with one attached hydrogen (secondary N) is 2. The minimum atomic E-state index is 0. The average molecular weight is 436 g/mol. The Labute approximate surface area is 158 Å². The maximum absolute atomic E-state index is 4.44. The van der Waals surface area contributed by atoms with Crippen molar-refractivity contribution < 1.29 is 0 Å². The lowest BCUT2D eigenvalue weighted by Gasteiger charge is -2.29. The van der Waals surface area contributed by atoms with Crippen molar-refractivity contribution in [3.63, 3.8) is 0 Å². The number of nitrogens with zero attached hydrogens (tertiary/aromatic N) is 4. The predicted molar refractivity (Wildman–Crippen MR) is 109 cm³/mol. The van der Waals surface area contributed by atoms with Crippen molar-refractivity contribution in [3.8, 4) is 0 Å². The normalized spacial score (nSPS) is 12.3. The Bertz CT molecular complexity index is 519. The molecule has 23 heavy (non-hydrogen) atoms. The molecule has 0 amide bonds. The van der Waals surface area contributed by atoms with Crippen LogP contribution in [0.15, 0.2) is 4.99 Å². The lowest BCUT2D eigenvalue weighted by Crippen LogP contribution is -2.44. The van der Waals surface area contributed by atoms with E-state index in [4.69, 9.17) is 0 Å². The van der Waals surface area contributed by atoms with E-state index in [0.717, 1.165) is 31.3 Å². The molecule has 0 aliphatic carbocycles. The standard InChI is InChI=1S/C16H32N6.HI/c1-12-14(13(2)22(8)20-12)9-18-15(17-5)19-10-16(3,4)11-21(6)7;/h9-11H2,1-8H3,(H2,17,18,19);1H. The van der Waals surface area contributed by atoms with Crippen molar-refractivity contribution in [3.05, 3.63) is 17.0 Å². The highest BCUT2D eigenvalue weighted by atomic mass is 127. The molecule has 6 nitrogen and oxygen atoms in total. The molecule has 0 aliphatic rings. The molecule has 0 radical (unpaired) electrons. The van der Waals surface area contributed by atoms with Crippen LogP contribution >= 0.6 is 24.0 Å². The Balaban J connectivity index is 0.00000484. The number of halogens is 1. The molecular formula is C16H33IN6. The molecule has 0 aliphatic heterocycles. The summed E-state index contributed by atoms with van der Waals surface area (Å²) < 4.78 is 1.92. The zero-order chi connectivity index (χ0) is 16.9. The van der Waals surface area contributed by atoms with Gasteiger partial charge < -0.3 is 15.5 Å². The molecule has 1 heterocycles. The van der Waals surface area contributed by atoms with E-state index in [9.17, 15) is 0 Å². The van der Waals surface area contributed by atoms with E-state index < -0.39 is 0 Å². The van der Waals surface area contributed by atoms with Gasteiger partial charge in [-0.25, -0.2) is 0 Å². The van der Waals surface area contributed by atoms with E-state index in [1.807, 2.05) is 18.7 Å². The molecule has 7 heteroatoms. The molecule has 0 spiro atoms. The highest BCUT2D eigenvalue weighted by Crippen LogP contribution is 2.14. The number of aliphatic imine (C=N–C) groups is 1. The quantitative estimate of drug-likeness (QED) is 0.407. The van der Waals surface area contributed by atoms with E-state index >= 15 is 0 Å². The number of hydrogen-bond acceptors (Lipinski definition) is 3. The van der Waals surface area contributed by atoms with Gasteiger partial charge in [0, 0.05) is 45.0 Å². The third-order valence-corrected chi connectivity index (χ3v) is 3.79. The Morgan fingerprint density at radius 2 is 1.87 bits per heavy atom. The van der Waals surface area contributed by atoms with Crippen molar-refractivity contribution in [2.75, 3.05) is 34.2 Å². The monoisotopic (exact) mass is 436 g/mol. The third kappa shape index (κ3) is 7.07. The number of hydrogen-bond donors (Lipinski definition) is 2. The summed E-state index contributed by atoms with van der Waals surface area (Å²) in [5.74, 6) is 0.828. The van der Waals surface area contributed by atoms with Gasteiger partial charge in [-0.2, -0.15) is 5.10 Å². The summed E-state index contributed by atoms with van der Waals surface area (Å²) in [4.78, 5) is 6.51. The van der Waals surface area contributed by atoms with Crippen molar-refractivity contribution in [2.24, 2.45) is 17.5 Å². The lowest BCUT2D eigenvalue weighted by atomic mass is 9.93. The van der Waals surface area contributed by atoms with Gasteiger partial charge in [-0.3, -0.25) is 9.67 Å². The fourth-order valence-corrected chi connectivity index (χ4v) is 2.70. The molecule has 2 N–H and O–H groups in total. The molecule has 0 fully saturated rings. The van der Waals surface area contributed by atoms with Gasteiger partial charge >= 0.3 is 0 Å². The van der Waals surface area contributed by atoms with Gasteiger partial charge in [0.25, 0.3) is 0 Å². The highest BCUT2D eigenvalue weighted by Gasteiger charge is 2.19. The second kappa shape index (κ2) is 9.46. The second-order valence-electron chi connectivity index (χ2n) is 6.95. The number of guanidine groups is 1. The summed E-state index contributed by atoms with van der Waals surface area (Å²) in [5, 5.41) is 11.2. The van der Waals surface area contributed by atoms with Crippen LogP contribution in [0.1, 0.15) is 30.8 Å². The van der Waals surface area contributed by atoms with E-state index in [1.54, 1.807) is 7.05 Å². The smallest absolute Gasteiger partial charge is 0.191 e. The predicted octanol–water partition coefficient (Wildman–Crippen LogP) is 1.91. The summed E-state index contributed by atoms with van der Waals surface area (Å²) in [6.07, 6.45) is 0. The molecule has 1 aromatic heterocycles. The van der Waals surface area contributed by atoms with E-state index in [2.05, 4.69) is 60.5 Å². The third-order valence-electron chi connectivity index (χ3n) is 3.79. The molecular weight excluding hydrogens is 403 g/mol. The highest BCUT2D eigenvalue weighted by molar-refractivity contribution is 14.0. The summed E-state index contributed by atoms with van der Waals surface area (Å²) >= 11 is 0. The molecule has 0 unspecified atom stereocenters. The minimum absolute atomic E-state index is 0. The second-order valence-corrected chi connectivity index (χ2v) is 6.95. The Kier molecular flexibility index (Phi) is 9.12. The topological polar surface area (TPSA) is 57.5 Å². The summed E-state index contributed by atoms with van der Waals surface area (Å²) in [7, 11) is 7.98. The first-order valence-electron chi connectivity index (χ1n) is 7.74. The van der Waals surface area contributed by atoms with Crippen LogP contribution in [0.5, 0.6) is 0 Å². The first-order chi connectivity index (χ1) is 10.2. The van der Waals surface area contributed by atoms with Crippen molar-refractivity contribution in [1.82, 2.24) is 25.3 Å². The molecule has 1 aromatic rings. The van der Waals surface area contributed by atoms with E-state index in [0.29, 0.717) is 0 Å². The van der Waals surface area contributed by atoms with Gasteiger partial charge in [-0.1, -0.05) is 13.8 Å². The van der Waals surface area contributed by atoms with Gasteiger partial charge in [-0.15, -0.1) is 24.0 Å². The van der Waals surface area contributed by atoms with Crippen LogP contribution < -0.4 is 10.6 Å². The SMILES string of the molecule is CN=C(NCc1c(C)nn(C)c1C)NCC(C)(C)CN(C)C.I. The number of aromatic nitrogens is 2. The van der Waals surface area contributed by atoms with Crippen LogP contribution in [0.4, 0.5) is 0 Å². The number of rotatable bonds is 6. The van der Waals surface area contributed by atoms with Gasteiger partial charge in [0.15, 0.2) is 5.96 Å². The summed E-state index contributed by atoms with van der Waals surface area (Å²) in [6, 6.07) is 0. The van der Waals surface area contributed by atoms with Crippen LogP contribution in [0, 0.1) is 19.3 Å². The Morgan fingerprint density at radius 1 is 1.26 bits per heavy atom. The largest absolute Gasteiger partial charge is 0.356 e. The molecule has 0 aromatic carbocycles. The number of aryl methyl sites for hydroxylation is 2. The lowest BCUT2D eigenvalue weighted by molar-refractivity contribution is 0.241. The van der Waals surface area contributed by atoms with E-state index in [-0.39, 0.29) is 29.4 Å². The average Bonchev–Trinajstić information content (AvgIpc) is 2.63. The van der Waals surface area contributed by atoms with E-state index in [1.165, 1.54) is 11.3 Å². The maximum atomic E-state index is 4.44. The molecule has 0 bridgehead atoms. The molecule has 0 saturated carbocycles. The van der Waals surface area contributed by atoms with Gasteiger partial charge in [0.05, 0.1) is 5.69 Å². The van der Waals surface area contributed by atoms with Crippen LogP contribution in [0.25, 0.3) is 0 Å². The van der Waals surface area contributed by atoms with Crippen LogP contribution in [0.3, 0.4) is 0 Å². The first-order valence-corrected chi connectivity index (χ1v) is 7.74. The first kappa shape index (κ1) is 22.2. The minimum Gasteiger partial charge on any atom is -0.356 e. The fourth-order valence-electron chi connectivity index (χ4n) is 2.70. The maximum Gasteiger partial charge on any atom is 0.191 e. The van der Waals surface area contributed by atoms with Gasteiger partial charge in [-0.05, 0) is 33.4 Å². The fraction of sp³-hybridized carbons (Fsp3) is 0.750. The van der Waals surface area contributed by atoms with Crippen molar-refractivity contribution in [1.29, 1.82) is 0 Å². The van der Waals surface area contributed by atoms with Crippen molar-refractivity contribution in [2.45, 2.75) is 34.2 Å². The van der Waals surface area contributed by atoms with Gasteiger partial charge in [0.2, 0.25) is 0 Å². The Hall–Kier alpha value is -0.830. The van der Waals surface area contributed by atoms with Crippen LogP contribution in [-0.2, 0) is 13.6 Å². The van der Waals surface area contributed by atoms with Crippen LogP contribution in [-0.4, -0.2) is 54.9 Å². The molecule has 0 saturated heterocycles. The zero-order valence-electron chi connectivity index (χ0n) is 15.8. The molecule has 0 atom stereocenters. The molecule has 1 rings (SSSR count). The summed E-state index contributed by atoms with van der Waals surface area (Å²) in [6.45, 7) is 11.3. The Morgan fingerprint density at radius 3 is 2.30 bits per heavy atom.